The van der Waals surface area contributed by atoms with Crippen LogP contribution in [0.5, 0.6) is 0 Å². The number of aliphatic imine (C=N–C) groups is 3. The zero-order chi connectivity index (χ0) is 66.2. The molecule has 3 unspecified atom stereocenters. The first-order valence-corrected chi connectivity index (χ1v) is 31.7. The van der Waals surface area contributed by atoms with Gasteiger partial charge in [0.15, 0.2) is 0 Å². The van der Waals surface area contributed by atoms with Gasteiger partial charge in [0, 0.05) is 51.5 Å². The van der Waals surface area contributed by atoms with Gasteiger partial charge in [0.05, 0.1) is 17.1 Å². The van der Waals surface area contributed by atoms with Gasteiger partial charge in [-0.25, -0.2) is 32.9 Å². The molecule has 3 heterocycles. The topological polar surface area (TPSA) is 231 Å². The Balaban J connectivity index is 0.000000268. The van der Waals surface area contributed by atoms with E-state index in [0.29, 0.717) is 79.1 Å². The number of aliphatic hydroxyl groups excluding tert-OH is 1. The predicted octanol–water partition coefficient (Wildman–Crippen LogP) is 15.2. The van der Waals surface area contributed by atoms with E-state index in [0.717, 1.165) is 106 Å². The number of amides is 2. The Morgan fingerprint density at radius 3 is 1.12 bits per heavy atom. The first-order valence-electron chi connectivity index (χ1n) is 31.7. The summed E-state index contributed by atoms with van der Waals surface area (Å²) in [6.07, 6.45) is 7.95. The largest absolute Gasteiger partial charge is 0.477 e. The molecule has 9 rings (SSSR count). The summed E-state index contributed by atoms with van der Waals surface area (Å²) in [4.78, 5) is 49.1. The van der Waals surface area contributed by atoms with Gasteiger partial charge in [-0.3, -0.25) is 9.59 Å². The number of hydrogen-bond acceptors (Lipinski definition) is 10. The highest BCUT2D eigenvalue weighted by Gasteiger charge is 2.25. The fourth-order valence-corrected chi connectivity index (χ4v) is 9.92. The molecule has 6 aromatic rings. The third kappa shape index (κ3) is 24.3. The van der Waals surface area contributed by atoms with Gasteiger partial charge < -0.3 is 38.0 Å². The summed E-state index contributed by atoms with van der Waals surface area (Å²) >= 11 is 0. The van der Waals surface area contributed by atoms with Crippen molar-refractivity contribution in [3.8, 4) is 33.4 Å². The molecule has 492 valence electrons. The average Bonchev–Trinajstić information content (AvgIpc) is 1.81. The minimum absolute atomic E-state index is 0. The number of halogens is 4. The monoisotopic (exact) mass is 1270 g/mol. The molecule has 17 heteroatoms. The second kappa shape index (κ2) is 37.9. The zero-order valence-electron chi connectivity index (χ0n) is 55.0. The Morgan fingerprint density at radius 1 is 0.451 bits per heavy atom. The minimum Gasteiger partial charge on any atom is -0.477 e. The van der Waals surface area contributed by atoms with Gasteiger partial charge in [-0.05, 0) is 178 Å². The van der Waals surface area contributed by atoms with Crippen LogP contribution in [0.4, 0.5) is 30.2 Å². The molecule has 91 heavy (non-hydrogen) atoms. The summed E-state index contributed by atoms with van der Waals surface area (Å²) < 4.78 is 39.2. The van der Waals surface area contributed by atoms with Crippen LogP contribution in [0.25, 0.3) is 33.4 Å². The van der Waals surface area contributed by atoms with Crippen molar-refractivity contribution in [2.24, 2.45) is 73.6 Å². The zero-order valence-corrected chi connectivity index (χ0v) is 55.9. The van der Waals surface area contributed by atoms with Crippen molar-refractivity contribution in [3.63, 3.8) is 0 Å². The molecule has 3 aliphatic heterocycles. The number of carboxylic acids is 1. The molecular formula is C74H98ClF3N8O5. The Morgan fingerprint density at radius 2 is 0.780 bits per heavy atom. The van der Waals surface area contributed by atoms with Crippen molar-refractivity contribution < 1.29 is 37.8 Å². The molecule has 10 N–H and O–H groups in total. The Bertz CT molecular complexity index is 3220. The lowest BCUT2D eigenvalue weighted by molar-refractivity contribution is -0.129. The summed E-state index contributed by atoms with van der Waals surface area (Å²) in [5.74, 6) is 2.60. The van der Waals surface area contributed by atoms with E-state index < -0.39 is 5.97 Å². The summed E-state index contributed by atoms with van der Waals surface area (Å²) in [6.45, 7) is 24.2. The summed E-state index contributed by atoms with van der Waals surface area (Å²) in [5, 5.41) is 21.9. The third-order valence-corrected chi connectivity index (χ3v) is 17.2. The van der Waals surface area contributed by atoms with E-state index in [-0.39, 0.29) is 59.5 Å². The van der Waals surface area contributed by atoms with E-state index in [1.807, 2.05) is 54.6 Å². The molecule has 0 bridgehead atoms. The van der Waals surface area contributed by atoms with Crippen LogP contribution in [0, 0.1) is 58.9 Å². The van der Waals surface area contributed by atoms with Crippen LogP contribution < -0.4 is 27.8 Å². The van der Waals surface area contributed by atoms with E-state index in [1.165, 1.54) is 55.7 Å². The second-order valence-corrected chi connectivity index (χ2v) is 25.3. The van der Waals surface area contributed by atoms with E-state index >= 15 is 0 Å². The maximum absolute atomic E-state index is 13.1. The van der Waals surface area contributed by atoms with Gasteiger partial charge in [0.25, 0.3) is 11.8 Å². The maximum atomic E-state index is 13.1. The molecule has 0 spiro atoms. The first-order chi connectivity index (χ1) is 42.9. The number of benzene rings is 6. The smallest absolute Gasteiger partial charge is 0.350 e. The molecule has 13 nitrogen and oxygen atoms in total. The Hall–Kier alpha value is -7.34. The summed E-state index contributed by atoms with van der Waals surface area (Å²) in [6, 6.07) is 36.4. The van der Waals surface area contributed by atoms with Crippen molar-refractivity contribution in [1.29, 1.82) is 0 Å². The predicted molar refractivity (Wildman–Crippen MR) is 371 cm³/mol. The van der Waals surface area contributed by atoms with Gasteiger partial charge in [-0.15, -0.1) is 12.4 Å². The van der Waals surface area contributed by atoms with Gasteiger partial charge in [0.1, 0.15) is 34.6 Å². The highest BCUT2D eigenvalue weighted by molar-refractivity contribution is 6.41. The van der Waals surface area contributed by atoms with Gasteiger partial charge in [-0.1, -0.05) is 155 Å². The molecule has 6 atom stereocenters. The molecule has 0 aromatic heterocycles. The molecule has 0 fully saturated rings. The van der Waals surface area contributed by atoms with E-state index in [2.05, 4.69) is 94.8 Å². The number of nitrogens with zero attached hydrogens (tertiary/aromatic N) is 3. The second-order valence-electron chi connectivity index (χ2n) is 25.3. The molecule has 3 aliphatic rings. The highest BCUT2D eigenvalue weighted by Crippen LogP contribution is 2.35. The third-order valence-electron chi connectivity index (χ3n) is 17.2. The van der Waals surface area contributed by atoms with Crippen LogP contribution in [-0.2, 0) is 33.6 Å². The molecular weight excluding hydrogens is 1170 g/mol. The molecule has 2 amide bonds. The number of aliphatic carboxylic acids is 1. The number of nitrogens with one attached hydrogen (secondary N) is 2. The number of carbonyl (C=O) groups is 3. The van der Waals surface area contributed by atoms with Crippen LogP contribution in [0.15, 0.2) is 142 Å². The molecule has 0 aliphatic carbocycles. The number of aliphatic hydroxyl groups is 1. The molecule has 6 aromatic carbocycles. The first kappa shape index (κ1) is 76.1. The number of carboxylic acid groups (broad SMARTS) is 1. The number of carbonyl (C=O) groups excluding carboxylic acids is 2. The highest BCUT2D eigenvalue weighted by atomic mass is 35.5. The molecule has 0 radical (unpaired) electrons. The fourth-order valence-electron chi connectivity index (χ4n) is 9.92. The van der Waals surface area contributed by atoms with Gasteiger partial charge in [0.2, 0.25) is 0 Å². The normalized spacial score (nSPS) is 14.4. The van der Waals surface area contributed by atoms with Crippen LogP contribution in [0.1, 0.15) is 124 Å². The molecule has 0 saturated carbocycles. The Labute approximate surface area is 544 Å². The van der Waals surface area contributed by atoms with Crippen LogP contribution in [0.3, 0.4) is 0 Å². The van der Waals surface area contributed by atoms with Crippen molar-refractivity contribution in [2.75, 3.05) is 26.7 Å². The van der Waals surface area contributed by atoms with Crippen molar-refractivity contribution in [3.05, 3.63) is 162 Å². The van der Waals surface area contributed by atoms with Crippen molar-refractivity contribution >= 4 is 64.4 Å². The summed E-state index contributed by atoms with van der Waals surface area (Å²) in [5.41, 5.74) is 29.7. The SMILES string of the molecule is CC(C)C(C)CC[C@H](C)CN.CC(C)C(C)CC[C@H](C)CNC(=O)C1=Nc2cc(-c3ccc(F)cc3)ccc2C1.CC(C)C(N)CC[C@H](N)CNC(=O)C1=Nc2cc(-c3ccc(F)cc3)ccc2C1.CO.Cl.O=C(O)C1=Nc2cc(-c3ccc(F)cc3)ccc2C1. The van der Waals surface area contributed by atoms with E-state index in [1.54, 1.807) is 36.4 Å². The van der Waals surface area contributed by atoms with E-state index in [4.69, 9.17) is 27.4 Å². The molecule has 0 saturated heterocycles. The number of rotatable bonds is 23. The van der Waals surface area contributed by atoms with Crippen LogP contribution in [-0.4, -0.2) is 84.0 Å². The quantitative estimate of drug-likeness (QED) is 0.0325. The number of fused-ring (bicyclic) bond motifs is 3. The summed E-state index contributed by atoms with van der Waals surface area (Å²) in [7, 11) is 1.00. The lowest BCUT2D eigenvalue weighted by atomic mass is 9.90. The Kier molecular flexibility index (Phi) is 31.7. The average molecular weight is 1270 g/mol. The number of hydrogen-bond donors (Lipinski definition) is 7. The lowest BCUT2D eigenvalue weighted by Crippen LogP contribution is -2.41. The van der Waals surface area contributed by atoms with Crippen molar-refractivity contribution in [1.82, 2.24) is 10.6 Å². The van der Waals surface area contributed by atoms with E-state index in [9.17, 15) is 27.6 Å². The van der Waals surface area contributed by atoms with Crippen LogP contribution in [0.2, 0.25) is 0 Å². The number of nitrogens with two attached hydrogens (primary N) is 3. The maximum Gasteiger partial charge on any atom is 0.350 e. The van der Waals surface area contributed by atoms with Gasteiger partial charge >= 0.3 is 5.97 Å². The van der Waals surface area contributed by atoms with Gasteiger partial charge in [-0.2, -0.15) is 0 Å². The minimum atomic E-state index is -0.987. The van der Waals surface area contributed by atoms with Crippen LogP contribution >= 0.6 is 12.4 Å². The fraction of sp³-hybridized carbons (Fsp3) is 0.432. The van der Waals surface area contributed by atoms with Crippen molar-refractivity contribution in [2.45, 2.75) is 139 Å². The standard InChI is InChI=1S/C25H31FN2O.C23H29FN4O.C15H10FNO2.C10H23N.CH4O.ClH/c1-16(2)18(4)6-5-17(3)15-27-25(29)24-14-21-8-7-20(13-23(21)28-24)19-9-11-22(26)12-10-19;1-14(2)20(26)10-9-19(25)13-27-23(29)22-12-17-4-3-16(11-21(17)28-22)15-5-7-18(24)8-6-15;16-12-5-3-9(4-6-12)10-1-2-11-8-14(15(18)19)17-13(11)7-10;1-8(2)10(4)6-5-9(3)7-11;1-2;/h7-13,16-18H,5-6,14-15H2,1-4H3,(H,27,29);3-8,11,14,19-20H,9-10,12-13,25-26H2,1-2H3,(H,27,29);1-7H,8H2,(H,18,19);8-10H,5-7,11H2,1-4H3;2H,1H3;1H/t17-,18?;19-,20?;;9-,10?;;/m00.0../s1. The lowest BCUT2D eigenvalue weighted by Gasteiger charge is -2.18.